The van der Waals surface area contributed by atoms with Gasteiger partial charge in [-0.2, -0.15) is 10.5 Å². The fraction of sp³-hybridized carbons (Fsp3) is 0.500. The van der Waals surface area contributed by atoms with Gasteiger partial charge in [-0.1, -0.05) is 35.0 Å². The molecule has 3 N–H and O–H groups in total. The van der Waals surface area contributed by atoms with Crippen LogP contribution in [-0.2, 0) is 14.9 Å². The molecule has 3 rings (SSSR count). The molecule has 1 aromatic carbocycles. The first-order chi connectivity index (χ1) is 11.9. The van der Waals surface area contributed by atoms with Gasteiger partial charge in [0.2, 0.25) is 0 Å². The number of benzene rings is 1. The van der Waals surface area contributed by atoms with Crippen molar-refractivity contribution in [3.63, 3.8) is 0 Å². The van der Waals surface area contributed by atoms with Gasteiger partial charge >= 0.3 is 5.91 Å². The lowest BCUT2D eigenvalue weighted by Gasteiger charge is -2.32. The normalized spacial score (nSPS) is 34.6. The Bertz CT molecular complexity index is 819. The molecule has 7 heteroatoms. The quantitative estimate of drug-likeness (QED) is 0.710. The summed E-state index contributed by atoms with van der Waals surface area (Å²) >= 11 is 3.42. The number of rotatable bonds is 5. The van der Waals surface area contributed by atoms with E-state index in [1.54, 1.807) is 0 Å². The highest BCUT2D eigenvalue weighted by Gasteiger charge is 3.03. The summed E-state index contributed by atoms with van der Waals surface area (Å²) < 4.78 is 12.7. The standard InChI is InChI=1S/C18H19BrN4O2/c1-4-24-18(25-5-2)17(11-21)15(3,12-6-8-13(19)9-7-12)16(17,10-20)14(22)23-18/h6-9H,4-5H2,1-3H3,(H2,22,23)/p+1/t15-,16+,17-/m1/s1. The lowest BCUT2D eigenvalue weighted by Crippen LogP contribution is -2.91. The number of fused-ring (bicyclic) bond motifs is 1. The zero-order chi connectivity index (χ0) is 18.5. The summed E-state index contributed by atoms with van der Waals surface area (Å²) in [5.41, 5.74) is 3.69. The Balaban J connectivity index is 2.30. The predicted molar refractivity (Wildman–Crippen MR) is 93.7 cm³/mol. The van der Waals surface area contributed by atoms with Crippen molar-refractivity contribution in [2.24, 2.45) is 16.6 Å². The van der Waals surface area contributed by atoms with Crippen LogP contribution in [0.3, 0.4) is 0 Å². The van der Waals surface area contributed by atoms with Gasteiger partial charge in [-0.25, -0.2) is 4.99 Å². The summed E-state index contributed by atoms with van der Waals surface area (Å²) in [6, 6.07) is 12.2. The third-order valence-electron chi connectivity index (χ3n) is 5.65. The number of hydrogen-bond acceptors (Lipinski definition) is 5. The lowest BCUT2D eigenvalue weighted by atomic mass is 9.84. The number of nitrogens with one attached hydrogen (secondary N) is 1. The van der Waals surface area contributed by atoms with E-state index < -0.39 is 22.2 Å². The molecule has 0 unspecified atom stereocenters. The molecular weight excluding hydrogens is 384 g/mol. The SMILES string of the molecule is CCOC1(OCC)[NH+]=C(N)[C@@]2(C#N)[C@@](C)(c3ccc(Br)cc3)[C@@]12C#N. The van der Waals surface area contributed by atoms with Crippen LogP contribution in [0.15, 0.2) is 28.7 Å². The maximum atomic E-state index is 10.2. The van der Waals surface area contributed by atoms with E-state index in [0.29, 0.717) is 13.2 Å². The topological polar surface area (TPSA) is 106 Å². The first kappa shape index (κ1) is 17.9. The molecule has 1 aromatic rings. The van der Waals surface area contributed by atoms with Crippen LogP contribution in [0, 0.1) is 33.5 Å². The van der Waals surface area contributed by atoms with Gasteiger partial charge in [0.25, 0.3) is 5.84 Å². The Morgan fingerprint density at radius 3 is 2.12 bits per heavy atom. The van der Waals surface area contributed by atoms with Crippen molar-refractivity contribution in [1.82, 2.24) is 0 Å². The maximum absolute atomic E-state index is 10.2. The molecule has 0 radical (unpaired) electrons. The van der Waals surface area contributed by atoms with Crippen molar-refractivity contribution in [3.8, 4) is 12.1 Å². The average molecular weight is 404 g/mol. The van der Waals surface area contributed by atoms with E-state index in [-0.39, 0.29) is 5.84 Å². The lowest BCUT2D eigenvalue weighted by molar-refractivity contribution is -0.694. The molecule has 130 valence electrons. The molecule has 0 saturated heterocycles. The average Bonchev–Trinajstić information content (AvgIpc) is 3.01. The third kappa shape index (κ3) is 1.67. The van der Waals surface area contributed by atoms with Crippen LogP contribution >= 0.6 is 15.9 Å². The molecule has 1 aliphatic carbocycles. The Morgan fingerprint density at radius 1 is 1.12 bits per heavy atom. The summed E-state index contributed by atoms with van der Waals surface area (Å²) in [7, 11) is 0. The molecular formula is C18H20BrN4O2+. The van der Waals surface area contributed by atoms with Crippen molar-refractivity contribution in [3.05, 3.63) is 34.3 Å². The van der Waals surface area contributed by atoms with Crippen molar-refractivity contribution < 1.29 is 14.5 Å². The van der Waals surface area contributed by atoms with E-state index in [1.165, 1.54) is 0 Å². The number of nitrogens with zero attached hydrogens (tertiary/aromatic N) is 2. The van der Waals surface area contributed by atoms with Crippen LogP contribution in [-0.4, -0.2) is 25.0 Å². The maximum Gasteiger partial charge on any atom is 0.343 e. The summed E-state index contributed by atoms with van der Waals surface area (Å²) in [4.78, 5) is 2.98. The minimum absolute atomic E-state index is 0.212. The molecule has 3 atom stereocenters. The second kappa shape index (κ2) is 5.54. The summed E-state index contributed by atoms with van der Waals surface area (Å²) in [5, 5.41) is 20.3. The second-order valence-electron chi connectivity index (χ2n) is 6.38. The Labute approximate surface area is 155 Å². The monoisotopic (exact) mass is 403 g/mol. The molecule has 25 heavy (non-hydrogen) atoms. The van der Waals surface area contributed by atoms with Gasteiger partial charge in [0.05, 0.1) is 30.8 Å². The number of nitriles is 2. The number of nitrogens with two attached hydrogens (primary N) is 1. The van der Waals surface area contributed by atoms with E-state index in [4.69, 9.17) is 15.2 Å². The minimum Gasteiger partial charge on any atom is -0.314 e. The third-order valence-corrected chi connectivity index (χ3v) is 6.18. The van der Waals surface area contributed by atoms with Crippen LogP contribution < -0.4 is 10.7 Å². The number of halogens is 1. The van der Waals surface area contributed by atoms with Crippen molar-refractivity contribution in [1.29, 1.82) is 10.5 Å². The van der Waals surface area contributed by atoms with Gasteiger partial charge in [0, 0.05) is 4.47 Å². The molecule has 1 saturated carbocycles. The highest BCUT2D eigenvalue weighted by atomic mass is 79.9. The fourth-order valence-electron chi connectivity index (χ4n) is 4.61. The van der Waals surface area contributed by atoms with Crippen molar-refractivity contribution in [2.45, 2.75) is 32.1 Å². The number of ether oxygens (including phenoxy) is 2. The Kier molecular flexibility index (Phi) is 3.96. The fourth-order valence-corrected chi connectivity index (χ4v) is 4.87. The van der Waals surface area contributed by atoms with Crippen molar-refractivity contribution in [2.75, 3.05) is 13.2 Å². The Morgan fingerprint density at radius 2 is 1.68 bits per heavy atom. The molecule has 0 amide bonds. The summed E-state index contributed by atoms with van der Waals surface area (Å²) in [6.07, 6.45) is 0. The van der Waals surface area contributed by atoms with Gasteiger partial charge in [-0.15, -0.1) is 0 Å². The molecule has 1 aliphatic heterocycles. The second-order valence-corrected chi connectivity index (χ2v) is 7.29. The largest absolute Gasteiger partial charge is 0.343 e. The minimum atomic E-state index is -1.47. The van der Waals surface area contributed by atoms with Gasteiger partial charge in [-0.05, 0) is 31.5 Å². The van der Waals surface area contributed by atoms with Crippen LogP contribution in [0.4, 0.5) is 0 Å². The molecule has 6 nitrogen and oxygen atoms in total. The van der Waals surface area contributed by atoms with Gasteiger partial charge in [-0.3, -0.25) is 5.73 Å². The first-order valence-corrected chi connectivity index (χ1v) is 8.94. The Hall–Kier alpha value is -1.93. The van der Waals surface area contributed by atoms with Crippen LogP contribution in [0.25, 0.3) is 0 Å². The van der Waals surface area contributed by atoms with Gasteiger partial charge in [0.15, 0.2) is 10.8 Å². The predicted octanol–water partition coefficient (Wildman–Crippen LogP) is 0.919. The molecule has 0 aromatic heterocycles. The zero-order valence-electron chi connectivity index (χ0n) is 14.4. The van der Waals surface area contributed by atoms with E-state index in [9.17, 15) is 10.5 Å². The number of amidine groups is 1. The smallest absolute Gasteiger partial charge is 0.314 e. The molecule has 0 spiro atoms. The molecule has 1 heterocycles. The van der Waals surface area contributed by atoms with Crippen LogP contribution in [0.2, 0.25) is 0 Å². The molecule has 2 aliphatic rings. The first-order valence-electron chi connectivity index (χ1n) is 8.15. The highest BCUT2D eigenvalue weighted by molar-refractivity contribution is 9.10. The van der Waals surface area contributed by atoms with Crippen molar-refractivity contribution >= 4 is 21.8 Å². The van der Waals surface area contributed by atoms with E-state index in [0.717, 1.165) is 10.0 Å². The molecule has 0 bridgehead atoms. The molecule has 1 fully saturated rings. The van der Waals surface area contributed by atoms with Crippen LogP contribution in [0.1, 0.15) is 26.3 Å². The zero-order valence-corrected chi connectivity index (χ0v) is 16.0. The van der Waals surface area contributed by atoms with Gasteiger partial charge < -0.3 is 9.47 Å². The van der Waals surface area contributed by atoms with E-state index in [2.05, 4.69) is 33.1 Å². The number of hydrogen-bond donors (Lipinski definition) is 2. The highest BCUT2D eigenvalue weighted by Crippen LogP contribution is 2.82. The van der Waals surface area contributed by atoms with Gasteiger partial charge in [0.1, 0.15) is 0 Å². The summed E-state index contributed by atoms with van der Waals surface area (Å²) in [5.74, 6) is -1.25. The van der Waals surface area contributed by atoms with E-state index >= 15 is 0 Å². The summed E-state index contributed by atoms with van der Waals surface area (Å²) in [6.45, 7) is 6.12. The van der Waals surface area contributed by atoms with Crippen LogP contribution in [0.5, 0.6) is 0 Å². The van der Waals surface area contributed by atoms with E-state index in [1.807, 2.05) is 45.0 Å².